The molecule has 2 rings (SSSR count). The maximum absolute atomic E-state index is 11.7. The number of methoxy groups -OCH3 is 1. The molecule has 1 aliphatic rings. The Balaban J connectivity index is 2.32. The summed E-state index contributed by atoms with van der Waals surface area (Å²) in [6, 6.07) is -0.514. The maximum Gasteiger partial charge on any atom is 0.328 e. The second-order valence-corrected chi connectivity index (χ2v) is 4.36. The molecule has 1 aromatic heterocycles. The van der Waals surface area contributed by atoms with E-state index in [9.17, 15) is 9.59 Å². The van der Waals surface area contributed by atoms with E-state index in [4.69, 9.17) is 15.4 Å². The fraction of sp³-hybridized carbons (Fsp3) is 0.333. The number of nitrogens with zero attached hydrogens (tertiary/aromatic N) is 3. The molecular formula is C9H9ClN4O3S. The van der Waals surface area contributed by atoms with E-state index in [0.717, 1.165) is 11.0 Å². The van der Waals surface area contributed by atoms with Gasteiger partial charge in [0.05, 0.1) is 13.3 Å². The van der Waals surface area contributed by atoms with Crippen LogP contribution in [-0.4, -0.2) is 35.6 Å². The number of rotatable bonds is 3. The minimum Gasteiger partial charge on any atom is -0.479 e. The lowest BCUT2D eigenvalue weighted by atomic mass is 10.3. The summed E-state index contributed by atoms with van der Waals surface area (Å²) in [5.41, 5.74) is 0.400. The molecule has 0 aliphatic carbocycles. The minimum atomic E-state index is -0.514. The third kappa shape index (κ3) is 2.49. The molecule has 1 saturated heterocycles. The molecule has 0 unspecified atom stereocenters. The van der Waals surface area contributed by atoms with E-state index >= 15 is 0 Å². The molecule has 1 aromatic rings. The first-order chi connectivity index (χ1) is 8.65. The number of hydrogen-bond donors (Lipinski definition) is 1. The maximum atomic E-state index is 11.7. The molecular weight excluding hydrogens is 280 g/mol. The average Bonchev–Trinajstić information content (AvgIpc) is 2.38. The number of amides is 3. The van der Waals surface area contributed by atoms with E-state index in [1.807, 2.05) is 0 Å². The number of carbonyl (C=O) groups excluding carboxylic acids is 2. The van der Waals surface area contributed by atoms with Crippen LogP contribution < -0.4 is 15.0 Å². The first-order valence-corrected chi connectivity index (χ1v) is 6.61. The summed E-state index contributed by atoms with van der Waals surface area (Å²) in [4.78, 5) is 32.1. The molecule has 1 N–H and O–H groups in total. The largest absolute Gasteiger partial charge is 0.479 e. The highest BCUT2D eigenvalue weighted by Gasteiger charge is 2.27. The Hall–Kier alpha value is -1.54. The first kappa shape index (κ1) is 12.9. The zero-order chi connectivity index (χ0) is 13.1. The highest BCUT2D eigenvalue weighted by molar-refractivity contribution is 8.21. The van der Waals surface area contributed by atoms with E-state index in [2.05, 4.69) is 15.3 Å². The smallest absolute Gasteiger partial charge is 0.328 e. The van der Waals surface area contributed by atoms with E-state index < -0.39 is 6.03 Å². The van der Waals surface area contributed by atoms with Crippen molar-refractivity contribution >= 4 is 39.3 Å². The Kier molecular flexibility index (Phi) is 3.87. The Labute approximate surface area is 111 Å². The van der Waals surface area contributed by atoms with Crippen molar-refractivity contribution in [1.82, 2.24) is 15.3 Å². The third-order valence-corrected chi connectivity index (χ3v) is 3.07. The van der Waals surface area contributed by atoms with E-state index in [-0.39, 0.29) is 24.8 Å². The molecule has 0 aromatic carbocycles. The van der Waals surface area contributed by atoms with Crippen molar-refractivity contribution in [3.63, 3.8) is 0 Å². The molecule has 0 radical (unpaired) electrons. The van der Waals surface area contributed by atoms with Crippen LogP contribution in [0.15, 0.2) is 11.4 Å². The molecule has 1 aliphatic heterocycles. The number of imide groups is 1. The summed E-state index contributed by atoms with van der Waals surface area (Å²) < 4.78 is 5.09. The van der Waals surface area contributed by atoms with Gasteiger partial charge in [-0.2, -0.15) is 4.98 Å². The van der Waals surface area contributed by atoms with Crippen molar-refractivity contribution in [1.29, 1.82) is 0 Å². The van der Waals surface area contributed by atoms with Crippen LogP contribution in [0.25, 0.3) is 0 Å². The molecule has 0 saturated carbocycles. The lowest BCUT2D eigenvalue weighted by Gasteiger charge is -2.26. The van der Waals surface area contributed by atoms with Gasteiger partial charge in [-0.3, -0.25) is 15.0 Å². The summed E-state index contributed by atoms with van der Waals surface area (Å²) >= 11 is 0. The molecule has 0 atom stereocenters. The zero-order valence-corrected chi connectivity index (χ0v) is 10.9. The SMILES string of the molecule is COc1nc(SCl)ncc1N1CCC(=O)NC1=O. The predicted octanol–water partition coefficient (Wildman–Crippen LogP) is 1.18. The second-order valence-electron chi connectivity index (χ2n) is 3.38. The summed E-state index contributed by atoms with van der Waals surface area (Å²) in [5.74, 6) is -0.0679. The van der Waals surface area contributed by atoms with Crippen molar-refractivity contribution in [2.24, 2.45) is 0 Å². The van der Waals surface area contributed by atoms with E-state index in [1.165, 1.54) is 18.2 Å². The number of ether oxygens (including phenoxy) is 1. The molecule has 1 fully saturated rings. The van der Waals surface area contributed by atoms with Crippen LogP contribution in [0.2, 0.25) is 0 Å². The average molecular weight is 289 g/mol. The number of nitrogens with one attached hydrogen (secondary N) is 1. The number of anilines is 1. The van der Waals surface area contributed by atoms with E-state index in [1.54, 1.807) is 0 Å². The fourth-order valence-corrected chi connectivity index (χ4v) is 1.94. The van der Waals surface area contributed by atoms with Gasteiger partial charge < -0.3 is 4.74 Å². The van der Waals surface area contributed by atoms with E-state index in [0.29, 0.717) is 10.8 Å². The molecule has 96 valence electrons. The molecule has 18 heavy (non-hydrogen) atoms. The van der Waals surface area contributed by atoms with Gasteiger partial charge in [0.15, 0.2) is 0 Å². The Morgan fingerprint density at radius 1 is 1.56 bits per heavy atom. The Morgan fingerprint density at radius 2 is 2.33 bits per heavy atom. The monoisotopic (exact) mass is 288 g/mol. The van der Waals surface area contributed by atoms with Gasteiger partial charge in [-0.05, 0) is 10.7 Å². The number of carbonyl (C=O) groups is 2. The summed E-state index contributed by atoms with van der Waals surface area (Å²) in [7, 11) is 7.82. The van der Waals surface area contributed by atoms with Crippen LogP contribution in [0.4, 0.5) is 10.5 Å². The van der Waals surface area contributed by atoms with Gasteiger partial charge in [-0.1, -0.05) is 0 Å². The summed E-state index contributed by atoms with van der Waals surface area (Å²) in [6.07, 6.45) is 1.66. The van der Waals surface area contributed by atoms with Crippen molar-refractivity contribution in [3.8, 4) is 5.88 Å². The van der Waals surface area contributed by atoms with Crippen LogP contribution in [0.1, 0.15) is 6.42 Å². The van der Waals surface area contributed by atoms with Crippen molar-refractivity contribution in [2.75, 3.05) is 18.6 Å². The van der Waals surface area contributed by atoms with Gasteiger partial charge in [-0.25, -0.2) is 9.78 Å². The Bertz CT molecular complexity index is 499. The molecule has 0 spiro atoms. The summed E-state index contributed by atoms with van der Waals surface area (Å²) in [5, 5.41) is 2.54. The van der Waals surface area contributed by atoms with Crippen LogP contribution in [0.3, 0.4) is 0 Å². The van der Waals surface area contributed by atoms with Crippen molar-refractivity contribution in [3.05, 3.63) is 6.20 Å². The number of aromatic nitrogens is 2. The topological polar surface area (TPSA) is 84.4 Å². The van der Waals surface area contributed by atoms with Crippen LogP contribution >= 0.6 is 21.7 Å². The number of hydrogen-bond acceptors (Lipinski definition) is 6. The normalized spacial score (nSPS) is 15.6. The molecule has 3 amide bonds. The second kappa shape index (κ2) is 5.40. The summed E-state index contributed by atoms with van der Waals surface area (Å²) in [6.45, 7) is 0.262. The molecule has 7 nitrogen and oxygen atoms in total. The molecule has 2 heterocycles. The lowest BCUT2D eigenvalue weighted by molar-refractivity contribution is -0.120. The van der Waals surface area contributed by atoms with Crippen LogP contribution in [0, 0.1) is 0 Å². The quantitative estimate of drug-likeness (QED) is 0.841. The molecule has 0 bridgehead atoms. The minimum absolute atomic E-state index is 0.223. The number of urea groups is 1. The molecule has 9 heteroatoms. The first-order valence-electron chi connectivity index (χ1n) is 4.96. The standard InChI is InChI=1S/C9H9ClN4O3S/c1-17-7-5(4-11-8(13-7)18-10)14-3-2-6(15)12-9(14)16/h4H,2-3H2,1H3,(H,12,15,16). The lowest BCUT2D eigenvalue weighted by Crippen LogP contribution is -2.49. The predicted molar refractivity (Wildman–Crippen MR) is 65.8 cm³/mol. The van der Waals surface area contributed by atoms with Gasteiger partial charge in [0.25, 0.3) is 0 Å². The van der Waals surface area contributed by atoms with Gasteiger partial charge in [0, 0.05) is 23.9 Å². The fourth-order valence-electron chi connectivity index (χ4n) is 1.51. The van der Waals surface area contributed by atoms with Crippen molar-refractivity contribution in [2.45, 2.75) is 11.6 Å². The van der Waals surface area contributed by atoms with Gasteiger partial charge >= 0.3 is 6.03 Å². The third-order valence-electron chi connectivity index (χ3n) is 2.32. The Morgan fingerprint density at radius 3 is 2.94 bits per heavy atom. The van der Waals surface area contributed by atoms with Gasteiger partial charge in [0.2, 0.25) is 16.9 Å². The highest BCUT2D eigenvalue weighted by Crippen LogP contribution is 2.29. The number of halogens is 1. The zero-order valence-electron chi connectivity index (χ0n) is 9.34. The van der Waals surface area contributed by atoms with Gasteiger partial charge in [0.1, 0.15) is 5.69 Å². The van der Waals surface area contributed by atoms with Gasteiger partial charge in [-0.15, -0.1) is 0 Å². The van der Waals surface area contributed by atoms with Crippen molar-refractivity contribution < 1.29 is 14.3 Å². The van der Waals surface area contributed by atoms with Crippen LogP contribution in [0.5, 0.6) is 5.88 Å². The highest BCUT2D eigenvalue weighted by atomic mass is 35.7. The van der Waals surface area contributed by atoms with Crippen LogP contribution in [-0.2, 0) is 4.79 Å².